The van der Waals surface area contributed by atoms with Gasteiger partial charge in [-0.25, -0.2) is 4.79 Å². The molecule has 8 aliphatic carbocycles. The van der Waals surface area contributed by atoms with E-state index in [2.05, 4.69) is 13.5 Å². The second-order valence-corrected chi connectivity index (χ2v) is 13.7. The predicted octanol–water partition coefficient (Wildman–Crippen LogP) is 5.58. The van der Waals surface area contributed by atoms with Crippen molar-refractivity contribution in [2.45, 2.75) is 58.8 Å². The SMILES string of the molecule is C=C(C)C(=O)OCC1(C)CC2CC1C1C3CC(C21)C1C2CC(C4C5CCC(C5)C24)C31. The quantitative estimate of drug-likeness (QED) is 0.347. The summed E-state index contributed by atoms with van der Waals surface area (Å²) in [6.45, 7) is 8.64. The monoisotopic (exact) mass is 406 g/mol. The van der Waals surface area contributed by atoms with Crippen LogP contribution in [0.25, 0.3) is 0 Å². The average Bonchev–Trinajstić information content (AvgIpc) is 3.51. The molecular weight excluding hydrogens is 368 g/mol. The van der Waals surface area contributed by atoms with Gasteiger partial charge in [0.05, 0.1) is 6.61 Å². The molecule has 2 nitrogen and oxygen atoms in total. The van der Waals surface area contributed by atoms with Crippen LogP contribution in [0.4, 0.5) is 0 Å². The molecule has 0 aromatic carbocycles. The van der Waals surface area contributed by atoms with Gasteiger partial charge in [-0.2, -0.15) is 0 Å². The lowest BCUT2D eigenvalue weighted by Gasteiger charge is -2.52. The Labute approximate surface area is 181 Å². The summed E-state index contributed by atoms with van der Waals surface area (Å²) in [6, 6.07) is 0. The first-order chi connectivity index (χ1) is 14.5. The van der Waals surface area contributed by atoms with E-state index in [0.717, 1.165) is 76.9 Å². The van der Waals surface area contributed by atoms with Crippen LogP contribution >= 0.6 is 0 Å². The van der Waals surface area contributed by atoms with Crippen molar-refractivity contribution in [2.24, 2.45) is 88.3 Å². The molecule has 30 heavy (non-hydrogen) atoms. The first kappa shape index (κ1) is 17.7. The summed E-state index contributed by atoms with van der Waals surface area (Å²) >= 11 is 0. The number of hydrogen-bond donors (Lipinski definition) is 0. The Morgan fingerprint density at radius 2 is 1.40 bits per heavy atom. The molecule has 8 aliphatic rings. The molecular formula is C28H38O2. The summed E-state index contributed by atoms with van der Waals surface area (Å²) in [7, 11) is 0. The smallest absolute Gasteiger partial charge is 0.333 e. The van der Waals surface area contributed by atoms with Crippen LogP contribution in [0.2, 0.25) is 0 Å². The normalized spacial score (nSPS) is 64.6. The highest BCUT2D eigenvalue weighted by atomic mass is 16.5. The van der Waals surface area contributed by atoms with Crippen molar-refractivity contribution < 1.29 is 9.53 Å². The average molecular weight is 407 g/mol. The molecule has 0 aromatic heterocycles. The summed E-state index contributed by atoms with van der Waals surface area (Å²) in [5.74, 6) is 14.8. The van der Waals surface area contributed by atoms with Gasteiger partial charge in [0.15, 0.2) is 0 Å². The van der Waals surface area contributed by atoms with E-state index >= 15 is 0 Å². The topological polar surface area (TPSA) is 26.3 Å². The molecule has 0 aliphatic heterocycles. The van der Waals surface area contributed by atoms with E-state index in [1.165, 1.54) is 18.8 Å². The van der Waals surface area contributed by atoms with Gasteiger partial charge >= 0.3 is 5.97 Å². The largest absolute Gasteiger partial charge is 0.462 e. The minimum atomic E-state index is -0.181. The number of carbonyl (C=O) groups is 1. The Bertz CT molecular complexity index is 846. The van der Waals surface area contributed by atoms with Crippen LogP contribution in [0, 0.1) is 88.3 Å². The third-order valence-corrected chi connectivity index (χ3v) is 13.1. The van der Waals surface area contributed by atoms with Crippen LogP contribution in [0.3, 0.4) is 0 Å². The molecule has 0 aromatic rings. The van der Waals surface area contributed by atoms with Gasteiger partial charge in [0.25, 0.3) is 0 Å². The molecule has 8 rings (SSSR count). The van der Waals surface area contributed by atoms with Crippen molar-refractivity contribution in [3.63, 3.8) is 0 Å². The van der Waals surface area contributed by atoms with E-state index in [-0.39, 0.29) is 11.4 Å². The van der Waals surface area contributed by atoms with Crippen LogP contribution in [0.5, 0.6) is 0 Å². The zero-order valence-corrected chi connectivity index (χ0v) is 18.8. The molecule has 15 unspecified atom stereocenters. The molecule has 0 saturated heterocycles. The van der Waals surface area contributed by atoms with Crippen molar-refractivity contribution >= 4 is 5.97 Å². The van der Waals surface area contributed by atoms with Crippen LogP contribution < -0.4 is 0 Å². The lowest BCUT2D eigenvalue weighted by molar-refractivity contribution is -0.145. The van der Waals surface area contributed by atoms with Gasteiger partial charge in [-0.1, -0.05) is 13.5 Å². The van der Waals surface area contributed by atoms with Gasteiger partial charge in [0.2, 0.25) is 0 Å². The highest BCUT2D eigenvalue weighted by molar-refractivity contribution is 5.86. The molecule has 0 heterocycles. The van der Waals surface area contributed by atoms with Gasteiger partial charge in [-0.3, -0.25) is 0 Å². The summed E-state index contributed by atoms with van der Waals surface area (Å²) in [6.07, 6.45) is 10.7. The summed E-state index contributed by atoms with van der Waals surface area (Å²) in [5, 5.41) is 0. The van der Waals surface area contributed by atoms with Crippen molar-refractivity contribution in [3.05, 3.63) is 12.2 Å². The number of rotatable bonds is 3. The number of ether oxygens (including phenoxy) is 1. The Morgan fingerprint density at radius 3 is 2.00 bits per heavy atom. The van der Waals surface area contributed by atoms with Crippen molar-refractivity contribution in [1.82, 2.24) is 0 Å². The van der Waals surface area contributed by atoms with Crippen LogP contribution in [-0.2, 0) is 9.53 Å². The third kappa shape index (κ3) is 1.82. The first-order valence-electron chi connectivity index (χ1n) is 13.3. The second kappa shape index (κ2) is 5.40. The van der Waals surface area contributed by atoms with Crippen molar-refractivity contribution in [3.8, 4) is 0 Å². The Balaban J connectivity index is 1.08. The molecule has 8 fully saturated rings. The highest BCUT2D eigenvalue weighted by Crippen LogP contribution is 2.82. The molecule has 15 atom stereocenters. The summed E-state index contributed by atoms with van der Waals surface area (Å²) in [5.41, 5.74) is 0.772. The first-order valence-corrected chi connectivity index (χ1v) is 13.3. The van der Waals surface area contributed by atoms with Crippen LogP contribution in [0.15, 0.2) is 12.2 Å². The number of esters is 1. The fourth-order valence-corrected chi connectivity index (χ4v) is 13.0. The van der Waals surface area contributed by atoms with Gasteiger partial charge in [0.1, 0.15) is 0 Å². The van der Waals surface area contributed by atoms with E-state index in [1.807, 2.05) is 0 Å². The van der Waals surface area contributed by atoms with Gasteiger partial charge in [-0.05, 0) is 135 Å². The van der Waals surface area contributed by atoms with Crippen molar-refractivity contribution in [2.75, 3.05) is 6.61 Å². The third-order valence-electron chi connectivity index (χ3n) is 13.1. The van der Waals surface area contributed by atoms with E-state index in [9.17, 15) is 4.79 Å². The maximum absolute atomic E-state index is 12.1. The molecule has 8 bridgehead atoms. The standard InChI is InChI=1S/C28H38O2/c1-12(2)27(29)30-11-28(3)10-15-7-20(28)26-19-9-18(23(15)26)24-16-8-17(25(19)24)22-14-5-4-13(6-14)21(16)22/h13-26H,1,4-11H2,2-3H3. The Morgan fingerprint density at radius 1 is 0.833 bits per heavy atom. The van der Waals surface area contributed by atoms with E-state index in [4.69, 9.17) is 4.74 Å². The summed E-state index contributed by atoms with van der Waals surface area (Å²) in [4.78, 5) is 12.1. The minimum absolute atomic E-state index is 0.181. The van der Waals surface area contributed by atoms with E-state index in [0.29, 0.717) is 12.2 Å². The fourth-order valence-electron chi connectivity index (χ4n) is 13.0. The zero-order valence-electron chi connectivity index (χ0n) is 18.8. The maximum Gasteiger partial charge on any atom is 0.333 e. The lowest BCUT2D eigenvalue weighted by Crippen LogP contribution is -2.49. The molecule has 0 N–H and O–H groups in total. The fraction of sp³-hybridized carbons (Fsp3) is 0.893. The number of carbonyl (C=O) groups excluding carboxylic acids is 1. The molecule has 0 radical (unpaired) electrons. The second-order valence-electron chi connectivity index (χ2n) is 13.7. The van der Waals surface area contributed by atoms with Crippen molar-refractivity contribution in [1.29, 1.82) is 0 Å². The minimum Gasteiger partial charge on any atom is -0.462 e. The van der Waals surface area contributed by atoms with E-state index in [1.54, 1.807) is 39.0 Å². The lowest BCUT2D eigenvalue weighted by atomic mass is 9.52. The maximum atomic E-state index is 12.1. The zero-order chi connectivity index (χ0) is 20.1. The van der Waals surface area contributed by atoms with Gasteiger partial charge in [-0.15, -0.1) is 0 Å². The highest BCUT2D eigenvalue weighted by Gasteiger charge is 2.77. The molecule has 0 amide bonds. The van der Waals surface area contributed by atoms with Crippen LogP contribution in [0.1, 0.15) is 58.8 Å². The van der Waals surface area contributed by atoms with E-state index < -0.39 is 0 Å². The molecule has 162 valence electrons. The summed E-state index contributed by atoms with van der Waals surface area (Å²) < 4.78 is 5.76. The predicted molar refractivity (Wildman–Crippen MR) is 115 cm³/mol. The Hall–Kier alpha value is -0.790. The van der Waals surface area contributed by atoms with Crippen LogP contribution in [-0.4, -0.2) is 12.6 Å². The number of fused-ring (bicyclic) bond motifs is 23. The molecule has 2 heteroatoms. The van der Waals surface area contributed by atoms with Gasteiger partial charge < -0.3 is 4.74 Å². The number of hydrogen-bond acceptors (Lipinski definition) is 2. The molecule has 8 saturated carbocycles. The van der Waals surface area contributed by atoms with Gasteiger partial charge in [0, 0.05) is 11.0 Å². The Kier molecular flexibility index (Phi) is 3.19. The molecule has 0 spiro atoms.